The van der Waals surface area contributed by atoms with Crippen LogP contribution in [0.15, 0.2) is 36.5 Å². The Morgan fingerprint density at radius 3 is 2.74 bits per heavy atom. The monoisotopic (exact) mass is 335 g/mol. The number of nitrogens with zero attached hydrogens (tertiary/aromatic N) is 2. The second kappa shape index (κ2) is 7.26. The number of carbonyl (C=O) groups is 2. The van der Waals surface area contributed by atoms with E-state index in [2.05, 4.69) is 15.7 Å². The van der Waals surface area contributed by atoms with E-state index >= 15 is 0 Å². The molecule has 2 aromatic rings. The van der Waals surface area contributed by atoms with Gasteiger partial charge in [-0.15, -0.1) is 12.4 Å². The topological polar surface area (TPSA) is 102 Å². The van der Waals surface area contributed by atoms with Gasteiger partial charge in [0.15, 0.2) is 0 Å². The Kier molecular flexibility index (Phi) is 5.36. The SMILES string of the molecule is Cl.NC(=O)c1ccn(-c2ccccc2NC(=O)C2CCNC2)n1. The molecule has 7 nitrogen and oxygen atoms in total. The molecule has 1 aliphatic heterocycles. The third-order valence-corrected chi connectivity index (χ3v) is 3.68. The Balaban J connectivity index is 0.00000192. The number of hydrogen-bond acceptors (Lipinski definition) is 4. The average Bonchev–Trinajstić information content (AvgIpc) is 3.19. The minimum Gasteiger partial charge on any atom is -0.364 e. The number of halogens is 1. The Morgan fingerprint density at radius 1 is 1.30 bits per heavy atom. The van der Waals surface area contributed by atoms with Crippen molar-refractivity contribution in [3.63, 3.8) is 0 Å². The summed E-state index contributed by atoms with van der Waals surface area (Å²) in [6.45, 7) is 1.56. The van der Waals surface area contributed by atoms with E-state index in [1.165, 1.54) is 4.68 Å². The minimum atomic E-state index is -0.586. The third-order valence-electron chi connectivity index (χ3n) is 3.68. The quantitative estimate of drug-likeness (QED) is 0.773. The smallest absolute Gasteiger partial charge is 0.269 e. The van der Waals surface area contributed by atoms with Gasteiger partial charge in [0.25, 0.3) is 5.91 Å². The van der Waals surface area contributed by atoms with Gasteiger partial charge in [-0.2, -0.15) is 5.10 Å². The van der Waals surface area contributed by atoms with E-state index < -0.39 is 5.91 Å². The van der Waals surface area contributed by atoms with E-state index in [9.17, 15) is 9.59 Å². The van der Waals surface area contributed by atoms with Crippen LogP contribution < -0.4 is 16.4 Å². The van der Waals surface area contributed by atoms with Crippen molar-refractivity contribution in [3.8, 4) is 5.69 Å². The summed E-state index contributed by atoms with van der Waals surface area (Å²) in [4.78, 5) is 23.4. The van der Waals surface area contributed by atoms with Gasteiger partial charge < -0.3 is 16.4 Å². The van der Waals surface area contributed by atoms with Gasteiger partial charge in [0.05, 0.1) is 17.3 Å². The van der Waals surface area contributed by atoms with Crippen molar-refractivity contribution < 1.29 is 9.59 Å². The first-order chi connectivity index (χ1) is 10.6. The number of aromatic nitrogens is 2. The summed E-state index contributed by atoms with van der Waals surface area (Å²) in [5, 5.41) is 10.2. The van der Waals surface area contributed by atoms with Crippen molar-refractivity contribution >= 4 is 29.9 Å². The van der Waals surface area contributed by atoms with Gasteiger partial charge >= 0.3 is 0 Å². The van der Waals surface area contributed by atoms with Crippen LogP contribution in [0.4, 0.5) is 5.69 Å². The van der Waals surface area contributed by atoms with Crippen LogP contribution in [0.2, 0.25) is 0 Å². The number of nitrogens with two attached hydrogens (primary N) is 1. The van der Waals surface area contributed by atoms with Crippen LogP contribution in [0.5, 0.6) is 0 Å². The van der Waals surface area contributed by atoms with Crippen molar-refractivity contribution in [3.05, 3.63) is 42.2 Å². The zero-order valence-corrected chi connectivity index (χ0v) is 13.2. The summed E-state index contributed by atoms with van der Waals surface area (Å²) in [7, 11) is 0. The van der Waals surface area contributed by atoms with Crippen LogP contribution in [-0.4, -0.2) is 34.7 Å². The maximum absolute atomic E-state index is 12.3. The first-order valence-electron chi connectivity index (χ1n) is 7.11. The van der Waals surface area contributed by atoms with Crippen LogP contribution in [0, 0.1) is 5.92 Å². The molecule has 4 N–H and O–H groups in total. The van der Waals surface area contributed by atoms with Crippen molar-refractivity contribution in [2.24, 2.45) is 11.7 Å². The zero-order chi connectivity index (χ0) is 15.5. The molecule has 1 aromatic carbocycles. The van der Waals surface area contributed by atoms with Crippen LogP contribution >= 0.6 is 12.4 Å². The van der Waals surface area contributed by atoms with Gasteiger partial charge in [-0.3, -0.25) is 9.59 Å². The number of nitrogens with one attached hydrogen (secondary N) is 2. The highest BCUT2D eigenvalue weighted by atomic mass is 35.5. The molecule has 1 unspecified atom stereocenters. The molecule has 2 amide bonds. The maximum Gasteiger partial charge on any atom is 0.269 e. The molecule has 1 fully saturated rings. The van der Waals surface area contributed by atoms with Gasteiger partial charge in [-0.05, 0) is 31.2 Å². The van der Waals surface area contributed by atoms with Gasteiger partial charge in [0, 0.05) is 12.7 Å². The Hall–Kier alpha value is -2.38. The van der Waals surface area contributed by atoms with Crippen LogP contribution in [0.1, 0.15) is 16.9 Å². The predicted octanol–water partition coefficient (Wildman–Crippen LogP) is 0.941. The summed E-state index contributed by atoms with van der Waals surface area (Å²) in [6.07, 6.45) is 2.48. The van der Waals surface area contributed by atoms with E-state index in [0.717, 1.165) is 13.0 Å². The molecule has 2 heterocycles. The molecule has 3 rings (SSSR count). The fraction of sp³-hybridized carbons (Fsp3) is 0.267. The van der Waals surface area contributed by atoms with E-state index in [-0.39, 0.29) is 29.9 Å². The summed E-state index contributed by atoms with van der Waals surface area (Å²) < 4.78 is 1.53. The third kappa shape index (κ3) is 3.69. The molecule has 0 saturated carbocycles. The molecule has 0 radical (unpaired) electrons. The lowest BCUT2D eigenvalue weighted by molar-refractivity contribution is -0.119. The molecule has 0 bridgehead atoms. The second-order valence-corrected chi connectivity index (χ2v) is 5.21. The van der Waals surface area contributed by atoms with Crippen LogP contribution in [0.25, 0.3) is 5.69 Å². The molecular weight excluding hydrogens is 318 g/mol. The second-order valence-electron chi connectivity index (χ2n) is 5.21. The fourth-order valence-electron chi connectivity index (χ4n) is 2.48. The van der Waals surface area contributed by atoms with E-state index in [4.69, 9.17) is 5.73 Å². The highest BCUT2D eigenvalue weighted by molar-refractivity contribution is 5.95. The van der Waals surface area contributed by atoms with Gasteiger partial charge in [0.2, 0.25) is 5.91 Å². The number of rotatable bonds is 4. The number of primary amides is 1. The summed E-state index contributed by atoms with van der Waals surface area (Å²) in [5.41, 5.74) is 6.74. The molecule has 0 aliphatic carbocycles. The lowest BCUT2D eigenvalue weighted by Crippen LogP contribution is -2.25. The standard InChI is InChI=1S/C15H17N5O2.ClH/c16-14(21)12-6-8-20(19-12)13-4-2-1-3-11(13)18-15(22)10-5-7-17-9-10;/h1-4,6,8,10,17H,5,7,9H2,(H2,16,21)(H,18,22);1H. The molecule has 0 spiro atoms. The van der Waals surface area contributed by atoms with Crippen LogP contribution in [-0.2, 0) is 4.79 Å². The number of hydrogen-bond donors (Lipinski definition) is 3. The fourth-order valence-corrected chi connectivity index (χ4v) is 2.48. The number of benzene rings is 1. The first kappa shape index (κ1) is 17.0. The molecule has 23 heavy (non-hydrogen) atoms. The summed E-state index contributed by atoms with van der Waals surface area (Å²) >= 11 is 0. The molecule has 1 atom stereocenters. The Bertz CT molecular complexity index is 709. The number of para-hydroxylation sites is 2. The number of anilines is 1. The van der Waals surface area contributed by atoms with E-state index in [1.54, 1.807) is 18.3 Å². The highest BCUT2D eigenvalue weighted by Gasteiger charge is 2.23. The van der Waals surface area contributed by atoms with Crippen LogP contribution in [0.3, 0.4) is 0 Å². The Labute approximate surface area is 139 Å². The Morgan fingerprint density at radius 2 is 2.09 bits per heavy atom. The normalized spacial score (nSPS) is 16.6. The largest absolute Gasteiger partial charge is 0.364 e. The van der Waals surface area contributed by atoms with Gasteiger partial charge in [-0.1, -0.05) is 12.1 Å². The van der Waals surface area contributed by atoms with Crippen molar-refractivity contribution in [1.29, 1.82) is 0 Å². The van der Waals surface area contributed by atoms with Gasteiger partial charge in [-0.25, -0.2) is 4.68 Å². The molecular formula is C15H18ClN5O2. The van der Waals surface area contributed by atoms with Crippen molar-refractivity contribution in [1.82, 2.24) is 15.1 Å². The molecule has 8 heteroatoms. The number of amides is 2. The van der Waals surface area contributed by atoms with Gasteiger partial charge in [0.1, 0.15) is 5.69 Å². The lowest BCUT2D eigenvalue weighted by Gasteiger charge is -2.13. The van der Waals surface area contributed by atoms with Crippen molar-refractivity contribution in [2.45, 2.75) is 6.42 Å². The lowest BCUT2D eigenvalue weighted by atomic mass is 10.1. The summed E-state index contributed by atoms with van der Waals surface area (Å²) in [6, 6.07) is 8.85. The highest BCUT2D eigenvalue weighted by Crippen LogP contribution is 2.21. The molecule has 1 aromatic heterocycles. The van der Waals surface area contributed by atoms with Crippen molar-refractivity contribution in [2.75, 3.05) is 18.4 Å². The average molecular weight is 336 g/mol. The first-order valence-corrected chi connectivity index (χ1v) is 7.11. The van der Waals surface area contributed by atoms with E-state index in [1.807, 2.05) is 18.2 Å². The molecule has 1 saturated heterocycles. The zero-order valence-electron chi connectivity index (χ0n) is 12.4. The molecule has 1 aliphatic rings. The number of carbonyl (C=O) groups excluding carboxylic acids is 2. The van der Waals surface area contributed by atoms with E-state index in [0.29, 0.717) is 17.9 Å². The summed E-state index contributed by atoms with van der Waals surface area (Å²) in [5.74, 6) is -0.621. The molecule has 122 valence electrons. The predicted molar refractivity (Wildman–Crippen MR) is 88.9 cm³/mol. The maximum atomic E-state index is 12.3. The minimum absolute atomic E-state index is 0.